The second-order valence-corrected chi connectivity index (χ2v) is 7.43. The Labute approximate surface area is 150 Å². The average molecular weight is 478 g/mol. The third kappa shape index (κ3) is 4.55. The summed E-state index contributed by atoms with van der Waals surface area (Å²) in [7, 11) is 0. The maximum Gasteiger partial charge on any atom is 0.143 e. The van der Waals surface area contributed by atoms with Crippen LogP contribution >= 0.6 is 47.8 Å². The van der Waals surface area contributed by atoms with Crippen molar-refractivity contribution in [2.45, 2.75) is 25.9 Å². The zero-order valence-corrected chi connectivity index (χ0v) is 16.3. The molecular weight excluding hydrogens is 462 g/mol. The van der Waals surface area contributed by atoms with E-state index in [-0.39, 0.29) is 5.75 Å². The molecule has 1 unspecified atom stereocenters. The topological polar surface area (TPSA) is 32.3 Å². The Morgan fingerprint density at radius 1 is 1.05 bits per heavy atom. The van der Waals surface area contributed by atoms with Gasteiger partial charge in [-0.25, -0.2) is 0 Å². The summed E-state index contributed by atoms with van der Waals surface area (Å²) < 4.78 is 2.49. The summed E-state index contributed by atoms with van der Waals surface area (Å²) in [5, 5.41) is 13.3. The number of hydrogen-bond acceptors (Lipinski definition) is 2. The lowest BCUT2D eigenvalue weighted by atomic mass is 10.0. The van der Waals surface area contributed by atoms with Crippen LogP contribution in [0.5, 0.6) is 5.75 Å². The fourth-order valence-electron chi connectivity index (χ4n) is 2.15. The highest BCUT2D eigenvalue weighted by molar-refractivity contribution is 9.11. The molecule has 0 aromatic heterocycles. The molecule has 0 aliphatic carbocycles. The maximum absolute atomic E-state index is 9.74. The molecule has 2 nitrogen and oxygen atoms in total. The van der Waals surface area contributed by atoms with Gasteiger partial charge >= 0.3 is 0 Å². The van der Waals surface area contributed by atoms with Gasteiger partial charge in [-0.15, -0.1) is 0 Å². The number of phenols is 1. The summed E-state index contributed by atoms with van der Waals surface area (Å²) in [6.45, 7) is 2.91. The van der Waals surface area contributed by atoms with E-state index in [4.69, 9.17) is 0 Å². The molecule has 0 spiro atoms. The van der Waals surface area contributed by atoms with Crippen LogP contribution in [0.4, 0.5) is 0 Å². The van der Waals surface area contributed by atoms with Gasteiger partial charge in [-0.1, -0.05) is 35.0 Å². The van der Waals surface area contributed by atoms with Crippen LogP contribution in [0, 0.1) is 0 Å². The van der Waals surface area contributed by atoms with Crippen LogP contribution in [0.15, 0.2) is 49.8 Å². The molecular formula is C16H16Br3NO. The molecule has 0 fully saturated rings. The van der Waals surface area contributed by atoms with Crippen molar-refractivity contribution in [2.24, 2.45) is 0 Å². The van der Waals surface area contributed by atoms with E-state index < -0.39 is 0 Å². The molecule has 2 rings (SSSR count). The van der Waals surface area contributed by atoms with Crippen LogP contribution in [0.2, 0.25) is 0 Å². The van der Waals surface area contributed by atoms with Crippen LogP contribution in [-0.2, 0) is 6.54 Å². The smallest absolute Gasteiger partial charge is 0.143 e. The minimum absolute atomic E-state index is 0.235. The predicted octanol–water partition coefficient (Wildman–Crippen LogP) is 5.92. The van der Waals surface area contributed by atoms with Crippen LogP contribution in [-0.4, -0.2) is 5.11 Å². The number of phenolic OH excluding ortho intramolecular Hbond substituents is 1. The van der Waals surface area contributed by atoms with Crippen molar-refractivity contribution < 1.29 is 5.11 Å². The Kier molecular flexibility index (Phi) is 6.29. The van der Waals surface area contributed by atoms with Gasteiger partial charge in [0.2, 0.25) is 0 Å². The second-order valence-electron chi connectivity index (χ2n) is 4.80. The highest BCUT2D eigenvalue weighted by Crippen LogP contribution is 2.33. The monoisotopic (exact) mass is 475 g/mol. The van der Waals surface area contributed by atoms with Gasteiger partial charge in [-0.05, 0) is 73.7 Å². The fourth-order valence-corrected chi connectivity index (χ4v) is 3.70. The minimum atomic E-state index is 0.235. The number of halogens is 3. The molecule has 0 heterocycles. The largest absolute Gasteiger partial charge is 0.506 e. The maximum atomic E-state index is 9.74. The molecule has 2 aromatic carbocycles. The summed E-state index contributed by atoms with van der Waals surface area (Å²) in [5.74, 6) is 0.235. The Bertz CT molecular complexity index is 590. The summed E-state index contributed by atoms with van der Waals surface area (Å²) in [4.78, 5) is 0. The van der Waals surface area contributed by atoms with E-state index in [0.717, 1.165) is 23.0 Å². The summed E-state index contributed by atoms with van der Waals surface area (Å²) in [5.41, 5.74) is 2.39. The molecule has 0 aliphatic rings. The normalized spacial score (nSPS) is 12.4. The SMILES string of the molecule is CCC(NCc1cc(Br)c(O)c(Br)c1)c1ccc(Br)cc1. The van der Waals surface area contributed by atoms with Crippen molar-refractivity contribution in [3.63, 3.8) is 0 Å². The van der Waals surface area contributed by atoms with Gasteiger partial charge in [0, 0.05) is 17.1 Å². The van der Waals surface area contributed by atoms with Crippen LogP contribution in [0.1, 0.15) is 30.5 Å². The average Bonchev–Trinajstić information content (AvgIpc) is 2.47. The van der Waals surface area contributed by atoms with Gasteiger partial charge in [0.15, 0.2) is 0 Å². The lowest BCUT2D eigenvalue weighted by Gasteiger charge is -2.18. The van der Waals surface area contributed by atoms with Gasteiger partial charge in [-0.3, -0.25) is 0 Å². The van der Waals surface area contributed by atoms with Crippen molar-refractivity contribution in [1.82, 2.24) is 5.32 Å². The Morgan fingerprint density at radius 2 is 1.62 bits per heavy atom. The zero-order valence-electron chi connectivity index (χ0n) is 11.5. The Morgan fingerprint density at radius 3 is 2.14 bits per heavy atom. The van der Waals surface area contributed by atoms with Gasteiger partial charge in [0.25, 0.3) is 0 Å². The van der Waals surface area contributed by atoms with E-state index in [1.165, 1.54) is 5.56 Å². The first-order chi connectivity index (χ1) is 10.0. The summed E-state index contributed by atoms with van der Waals surface area (Å²) in [6, 6.07) is 12.6. The van der Waals surface area contributed by atoms with E-state index in [9.17, 15) is 5.11 Å². The molecule has 21 heavy (non-hydrogen) atoms. The van der Waals surface area contributed by atoms with Crippen molar-refractivity contribution in [3.8, 4) is 5.75 Å². The summed E-state index contributed by atoms with van der Waals surface area (Å²) >= 11 is 10.2. The molecule has 5 heteroatoms. The number of rotatable bonds is 5. The van der Waals surface area contributed by atoms with Gasteiger partial charge in [0.05, 0.1) is 8.95 Å². The number of benzene rings is 2. The van der Waals surface area contributed by atoms with Crippen molar-refractivity contribution in [1.29, 1.82) is 0 Å². The number of aromatic hydroxyl groups is 1. The predicted molar refractivity (Wildman–Crippen MR) is 97.5 cm³/mol. The minimum Gasteiger partial charge on any atom is -0.506 e. The molecule has 0 radical (unpaired) electrons. The molecule has 1 atom stereocenters. The highest BCUT2D eigenvalue weighted by Gasteiger charge is 2.10. The lowest BCUT2D eigenvalue weighted by molar-refractivity contribution is 0.467. The van der Waals surface area contributed by atoms with Crippen molar-refractivity contribution in [2.75, 3.05) is 0 Å². The third-order valence-electron chi connectivity index (χ3n) is 3.31. The molecule has 2 aromatic rings. The van der Waals surface area contributed by atoms with E-state index in [0.29, 0.717) is 15.0 Å². The van der Waals surface area contributed by atoms with E-state index in [1.807, 2.05) is 12.1 Å². The van der Waals surface area contributed by atoms with Crippen LogP contribution in [0.3, 0.4) is 0 Å². The summed E-state index contributed by atoms with van der Waals surface area (Å²) in [6.07, 6.45) is 1.02. The third-order valence-corrected chi connectivity index (χ3v) is 5.05. The van der Waals surface area contributed by atoms with Crippen LogP contribution in [0.25, 0.3) is 0 Å². The lowest BCUT2D eigenvalue weighted by Crippen LogP contribution is -2.20. The van der Waals surface area contributed by atoms with Crippen molar-refractivity contribution in [3.05, 3.63) is 60.9 Å². The van der Waals surface area contributed by atoms with E-state index in [1.54, 1.807) is 0 Å². The quantitative estimate of drug-likeness (QED) is 0.560. The first-order valence-electron chi connectivity index (χ1n) is 6.67. The van der Waals surface area contributed by atoms with E-state index in [2.05, 4.69) is 84.3 Å². The molecule has 0 aliphatic heterocycles. The van der Waals surface area contributed by atoms with Gasteiger partial charge in [0.1, 0.15) is 5.75 Å². The van der Waals surface area contributed by atoms with Gasteiger partial charge in [-0.2, -0.15) is 0 Å². The Hall–Kier alpha value is -0.360. The molecule has 0 saturated heterocycles. The van der Waals surface area contributed by atoms with E-state index >= 15 is 0 Å². The molecule has 0 bridgehead atoms. The first-order valence-corrected chi connectivity index (χ1v) is 9.05. The number of nitrogens with one attached hydrogen (secondary N) is 1. The second kappa shape index (κ2) is 7.77. The Balaban J connectivity index is 2.08. The molecule has 0 amide bonds. The molecule has 2 N–H and O–H groups in total. The van der Waals surface area contributed by atoms with Crippen molar-refractivity contribution >= 4 is 47.8 Å². The molecule has 112 valence electrons. The fraction of sp³-hybridized carbons (Fsp3) is 0.250. The standard InChI is InChI=1S/C16H16Br3NO/c1-2-15(11-3-5-12(17)6-4-11)20-9-10-7-13(18)16(21)14(19)8-10/h3-8,15,20-21H,2,9H2,1H3. The number of hydrogen-bond donors (Lipinski definition) is 2. The first kappa shape index (κ1) is 17.0. The van der Waals surface area contributed by atoms with Gasteiger partial charge < -0.3 is 10.4 Å². The highest BCUT2D eigenvalue weighted by atomic mass is 79.9. The molecule has 0 saturated carbocycles. The zero-order chi connectivity index (χ0) is 15.4. The van der Waals surface area contributed by atoms with Crippen LogP contribution < -0.4 is 5.32 Å².